The molecule has 6 unspecified atom stereocenters. The summed E-state index contributed by atoms with van der Waals surface area (Å²) in [7, 11) is 0. The number of imidazole rings is 1. The van der Waals surface area contributed by atoms with Crippen LogP contribution in [0.15, 0.2) is 12.5 Å². The second-order valence-electron chi connectivity index (χ2n) is 9.15. The van der Waals surface area contributed by atoms with E-state index in [2.05, 4.69) is 20.6 Å². The highest BCUT2D eigenvalue weighted by Gasteiger charge is 2.40. The largest absolute Gasteiger partial charge is 0.480 e. The average molecular weight is 479 g/mol. The van der Waals surface area contributed by atoms with Crippen molar-refractivity contribution in [2.45, 2.75) is 84.0 Å². The summed E-state index contributed by atoms with van der Waals surface area (Å²) in [6, 6.07) is -3.56. The van der Waals surface area contributed by atoms with E-state index < -0.39 is 47.9 Å². The Balaban J connectivity index is 2.20. The number of amides is 3. The molecule has 0 radical (unpaired) electrons. The molecule has 1 aliphatic heterocycles. The van der Waals surface area contributed by atoms with Gasteiger partial charge in [-0.25, -0.2) is 9.78 Å². The third-order valence-electron chi connectivity index (χ3n) is 6.77. The Kier molecular flexibility index (Phi) is 10.0. The van der Waals surface area contributed by atoms with E-state index in [-0.39, 0.29) is 18.3 Å². The minimum Gasteiger partial charge on any atom is -0.480 e. The molecule has 0 aliphatic carbocycles. The first kappa shape index (κ1) is 27.3. The van der Waals surface area contributed by atoms with Crippen LogP contribution in [-0.4, -0.2) is 74.4 Å². The maximum Gasteiger partial charge on any atom is 0.326 e. The molecule has 6 atom stereocenters. The minimum atomic E-state index is -1.11. The molecule has 1 saturated heterocycles. The van der Waals surface area contributed by atoms with Gasteiger partial charge in [0, 0.05) is 24.9 Å². The number of carboxylic acids is 1. The van der Waals surface area contributed by atoms with Crippen molar-refractivity contribution in [3.05, 3.63) is 18.2 Å². The lowest BCUT2D eigenvalue weighted by molar-refractivity contribution is -0.146. The van der Waals surface area contributed by atoms with Crippen molar-refractivity contribution >= 4 is 23.7 Å². The third kappa shape index (κ3) is 6.78. The lowest BCUT2D eigenvalue weighted by Gasteiger charge is -2.31. The minimum absolute atomic E-state index is 0.0678. The average Bonchev–Trinajstić information content (AvgIpc) is 3.51. The summed E-state index contributed by atoms with van der Waals surface area (Å²) >= 11 is 0. The molecule has 0 aromatic carbocycles. The number of aromatic amines is 1. The smallest absolute Gasteiger partial charge is 0.326 e. The zero-order chi connectivity index (χ0) is 25.4. The van der Waals surface area contributed by atoms with Gasteiger partial charge in [-0.2, -0.15) is 0 Å². The van der Waals surface area contributed by atoms with Crippen LogP contribution < -0.4 is 16.4 Å². The predicted molar refractivity (Wildman–Crippen MR) is 125 cm³/mol. The molecule has 1 aromatic rings. The normalized spacial score (nSPS) is 20.1. The number of carbonyl (C=O) groups excluding carboxylic acids is 3. The molecule has 6 N–H and O–H groups in total. The summed E-state index contributed by atoms with van der Waals surface area (Å²) in [6.07, 6.45) is 5.52. The van der Waals surface area contributed by atoms with Gasteiger partial charge >= 0.3 is 5.97 Å². The Morgan fingerprint density at radius 2 is 1.88 bits per heavy atom. The van der Waals surface area contributed by atoms with Crippen molar-refractivity contribution in [2.24, 2.45) is 17.6 Å². The molecule has 1 fully saturated rings. The number of likely N-dealkylation sites (tertiary alicyclic amines) is 1. The van der Waals surface area contributed by atoms with E-state index in [0.29, 0.717) is 37.9 Å². The van der Waals surface area contributed by atoms with Gasteiger partial charge in [-0.3, -0.25) is 14.4 Å². The Hall–Kier alpha value is -2.95. The molecule has 2 heterocycles. The molecule has 3 amide bonds. The number of carboxylic acid groups (broad SMARTS) is 1. The molecule has 11 heteroatoms. The SMILES string of the molecule is CCC(C)C(N)C(=O)NC(Cc1cnc[nH]1)C(=O)N1CCCC1C(=O)NC(C(=O)O)C(C)CC. The maximum atomic E-state index is 13.5. The summed E-state index contributed by atoms with van der Waals surface area (Å²) in [5, 5.41) is 14.9. The van der Waals surface area contributed by atoms with Gasteiger partial charge < -0.3 is 31.4 Å². The number of nitrogens with zero attached hydrogens (tertiary/aromatic N) is 2. The summed E-state index contributed by atoms with van der Waals surface area (Å²) < 4.78 is 0. The van der Waals surface area contributed by atoms with Gasteiger partial charge in [0.25, 0.3) is 0 Å². The quantitative estimate of drug-likeness (QED) is 0.290. The van der Waals surface area contributed by atoms with Crippen LogP contribution in [-0.2, 0) is 25.6 Å². The zero-order valence-electron chi connectivity index (χ0n) is 20.4. The highest BCUT2D eigenvalue weighted by Crippen LogP contribution is 2.21. The van der Waals surface area contributed by atoms with Crippen molar-refractivity contribution in [2.75, 3.05) is 6.54 Å². The van der Waals surface area contributed by atoms with Crippen LogP contribution in [0, 0.1) is 11.8 Å². The van der Waals surface area contributed by atoms with E-state index in [0.717, 1.165) is 0 Å². The first-order chi connectivity index (χ1) is 16.1. The molecule has 0 saturated carbocycles. The number of aliphatic carboxylic acids is 1. The van der Waals surface area contributed by atoms with E-state index in [4.69, 9.17) is 5.73 Å². The van der Waals surface area contributed by atoms with Crippen LogP contribution in [0.5, 0.6) is 0 Å². The Labute approximate surface area is 200 Å². The van der Waals surface area contributed by atoms with Gasteiger partial charge in [0.1, 0.15) is 18.1 Å². The van der Waals surface area contributed by atoms with Crippen LogP contribution in [0.25, 0.3) is 0 Å². The van der Waals surface area contributed by atoms with E-state index in [1.807, 2.05) is 20.8 Å². The predicted octanol–water partition coefficient (Wildman–Crippen LogP) is 0.417. The number of hydrogen-bond donors (Lipinski definition) is 5. The van der Waals surface area contributed by atoms with Gasteiger partial charge in [0.15, 0.2) is 0 Å². The Bertz CT molecular complexity index is 845. The van der Waals surface area contributed by atoms with E-state index in [1.165, 1.54) is 11.2 Å². The monoisotopic (exact) mass is 478 g/mol. The third-order valence-corrected chi connectivity index (χ3v) is 6.77. The highest BCUT2D eigenvalue weighted by atomic mass is 16.4. The fourth-order valence-electron chi connectivity index (χ4n) is 4.03. The van der Waals surface area contributed by atoms with Crippen LogP contribution >= 0.6 is 0 Å². The second kappa shape index (κ2) is 12.5. The summed E-state index contributed by atoms with van der Waals surface area (Å²) in [5.41, 5.74) is 6.72. The van der Waals surface area contributed by atoms with Gasteiger partial charge in [0.2, 0.25) is 17.7 Å². The Morgan fingerprint density at radius 3 is 2.44 bits per heavy atom. The Morgan fingerprint density at radius 1 is 1.21 bits per heavy atom. The number of carbonyl (C=O) groups is 4. The molecule has 1 aliphatic rings. The van der Waals surface area contributed by atoms with Crippen molar-refractivity contribution in [1.82, 2.24) is 25.5 Å². The van der Waals surface area contributed by atoms with Crippen molar-refractivity contribution < 1.29 is 24.3 Å². The van der Waals surface area contributed by atoms with E-state index in [9.17, 15) is 24.3 Å². The molecular formula is C23H38N6O5. The molecule has 2 rings (SSSR count). The number of aromatic nitrogens is 2. The first-order valence-corrected chi connectivity index (χ1v) is 12.0. The molecule has 190 valence electrons. The zero-order valence-corrected chi connectivity index (χ0v) is 20.4. The van der Waals surface area contributed by atoms with Crippen LogP contribution in [0.2, 0.25) is 0 Å². The van der Waals surface area contributed by atoms with Crippen molar-refractivity contribution in [1.29, 1.82) is 0 Å². The van der Waals surface area contributed by atoms with E-state index in [1.54, 1.807) is 13.1 Å². The first-order valence-electron chi connectivity index (χ1n) is 12.0. The lowest BCUT2D eigenvalue weighted by atomic mass is 9.98. The van der Waals surface area contributed by atoms with Gasteiger partial charge in [0.05, 0.1) is 12.4 Å². The van der Waals surface area contributed by atoms with Gasteiger partial charge in [-0.1, -0.05) is 40.5 Å². The molecular weight excluding hydrogens is 440 g/mol. The topological polar surface area (TPSA) is 171 Å². The van der Waals surface area contributed by atoms with E-state index >= 15 is 0 Å². The number of rotatable bonds is 12. The van der Waals surface area contributed by atoms with Crippen LogP contribution in [0.4, 0.5) is 0 Å². The molecule has 0 spiro atoms. The molecule has 34 heavy (non-hydrogen) atoms. The lowest BCUT2D eigenvalue weighted by Crippen LogP contribution is -2.58. The number of H-pyrrole nitrogens is 1. The number of nitrogens with two attached hydrogens (primary N) is 1. The highest BCUT2D eigenvalue weighted by molar-refractivity contribution is 5.94. The fourth-order valence-corrected chi connectivity index (χ4v) is 4.03. The molecule has 0 bridgehead atoms. The fraction of sp³-hybridized carbons (Fsp3) is 0.696. The standard InChI is InChI=1S/C23H38N6O5/c1-5-13(3)18(24)21(31)27-16(10-15-11-25-12-26-15)22(32)29-9-7-8-17(29)20(30)28-19(23(33)34)14(4)6-2/h11-14,16-19H,5-10,24H2,1-4H3,(H,25,26)(H,27,31)(H,28,30)(H,33,34). The number of nitrogens with one attached hydrogen (secondary N) is 3. The van der Waals surface area contributed by atoms with Gasteiger partial charge in [-0.15, -0.1) is 0 Å². The summed E-state index contributed by atoms with van der Waals surface area (Å²) in [4.78, 5) is 59.3. The number of hydrogen-bond acceptors (Lipinski definition) is 6. The molecule has 11 nitrogen and oxygen atoms in total. The maximum absolute atomic E-state index is 13.5. The van der Waals surface area contributed by atoms with Crippen LogP contribution in [0.3, 0.4) is 0 Å². The van der Waals surface area contributed by atoms with Crippen molar-refractivity contribution in [3.8, 4) is 0 Å². The summed E-state index contributed by atoms with van der Waals surface area (Å²) in [5.74, 6) is -2.78. The second-order valence-corrected chi connectivity index (χ2v) is 9.15. The van der Waals surface area contributed by atoms with Crippen LogP contribution in [0.1, 0.15) is 59.1 Å². The molecule has 1 aromatic heterocycles. The van der Waals surface area contributed by atoms with Crippen molar-refractivity contribution in [3.63, 3.8) is 0 Å². The van der Waals surface area contributed by atoms with Gasteiger partial charge in [-0.05, 0) is 24.7 Å². The summed E-state index contributed by atoms with van der Waals surface area (Å²) in [6.45, 7) is 7.75.